The number of carbonyl (C=O) groups is 1. The lowest BCUT2D eigenvalue weighted by Gasteiger charge is -2.14. The van der Waals surface area contributed by atoms with Crippen LogP contribution in [0.3, 0.4) is 0 Å². The molecule has 0 fully saturated rings. The van der Waals surface area contributed by atoms with E-state index < -0.39 is 0 Å². The average molecular weight is 399 g/mol. The molecule has 152 valence electrons. The molecule has 0 unspecified atom stereocenters. The first-order chi connectivity index (χ1) is 14.6. The van der Waals surface area contributed by atoms with Crippen LogP contribution in [0.5, 0.6) is 0 Å². The first-order valence-electron chi connectivity index (χ1n) is 10.3. The van der Waals surface area contributed by atoms with Crippen molar-refractivity contribution in [2.75, 3.05) is 13.2 Å². The van der Waals surface area contributed by atoms with E-state index in [1.54, 1.807) is 0 Å². The highest BCUT2D eigenvalue weighted by Gasteiger charge is 2.28. The van der Waals surface area contributed by atoms with Crippen LogP contribution >= 0.6 is 0 Å². The summed E-state index contributed by atoms with van der Waals surface area (Å²) in [7, 11) is 0. The highest BCUT2D eigenvalue weighted by atomic mass is 16.5. The SMILES string of the molecule is Cc1cc(C=CCCNC(=O)OCC2c3ccccc3-c3ccccc32)cc(C)n1. The Labute approximate surface area is 177 Å². The lowest BCUT2D eigenvalue weighted by Crippen LogP contribution is -2.26. The van der Waals surface area contributed by atoms with E-state index >= 15 is 0 Å². The van der Waals surface area contributed by atoms with Crippen LogP contribution in [0.2, 0.25) is 0 Å². The molecular formula is C26H26N2O2. The van der Waals surface area contributed by atoms with E-state index in [1.807, 2.05) is 50.2 Å². The molecule has 0 radical (unpaired) electrons. The standard InChI is InChI=1S/C26H26N2O2/c1-18-15-20(16-19(2)28-18)9-7-8-14-27-26(29)30-17-25-23-12-5-3-10-21(23)22-11-4-6-13-24(22)25/h3-7,9-13,15-16,25H,8,14,17H2,1-2H3,(H,27,29). The Morgan fingerprint density at radius 1 is 1.00 bits per heavy atom. The molecule has 1 heterocycles. The first kappa shape index (κ1) is 19.9. The van der Waals surface area contributed by atoms with Crippen molar-refractivity contribution in [1.82, 2.24) is 10.3 Å². The van der Waals surface area contributed by atoms with E-state index in [9.17, 15) is 4.79 Å². The van der Waals surface area contributed by atoms with Crippen molar-refractivity contribution in [3.63, 3.8) is 0 Å². The van der Waals surface area contributed by atoms with Gasteiger partial charge in [-0.2, -0.15) is 0 Å². The lowest BCUT2D eigenvalue weighted by atomic mass is 9.98. The molecule has 30 heavy (non-hydrogen) atoms. The topological polar surface area (TPSA) is 51.2 Å². The number of aryl methyl sites for hydroxylation is 2. The summed E-state index contributed by atoms with van der Waals surface area (Å²) in [5, 5.41) is 2.84. The van der Waals surface area contributed by atoms with Crippen molar-refractivity contribution in [2.24, 2.45) is 0 Å². The number of fused-ring (bicyclic) bond motifs is 3. The number of pyridine rings is 1. The predicted octanol–water partition coefficient (Wildman–Crippen LogP) is 5.64. The normalized spacial score (nSPS) is 12.6. The zero-order valence-corrected chi connectivity index (χ0v) is 17.4. The van der Waals surface area contributed by atoms with E-state index in [1.165, 1.54) is 22.3 Å². The van der Waals surface area contributed by atoms with Crippen LogP contribution in [0, 0.1) is 13.8 Å². The fourth-order valence-electron chi connectivity index (χ4n) is 4.09. The molecule has 3 aromatic rings. The van der Waals surface area contributed by atoms with Crippen molar-refractivity contribution >= 4 is 12.2 Å². The van der Waals surface area contributed by atoms with Gasteiger partial charge in [-0.15, -0.1) is 0 Å². The van der Waals surface area contributed by atoms with Crippen LogP contribution in [0.15, 0.2) is 66.7 Å². The number of alkyl carbamates (subject to hydrolysis) is 1. The van der Waals surface area contributed by atoms with Crippen LogP contribution in [0.4, 0.5) is 4.79 Å². The summed E-state index contributed by atoms with van der Waals surface area (Å²) in [6, 6.07) is 20.8. The predicted molar refractivity (Wildman–Crippen MR) is 120 cm³/mol. The third-order valence-corrected chi connectivity index (χ3v) is 5.34. The van der Waals surface area contributed by atoms with Gasteiger partial charge < -0.3 is 10.1 Å². The fraction of sp³-hybridized carbons (Fsp3) is 0.231. The van der Waals surface area contributed by atoms with E-state index in [0.29, 0.717) is 13.2 Å². The highest BCUT2D eigenvalue weighted by molar-refractivity contribution is 5.79. The quantitative estimate of drug-likeness (QED) is 0.547. The summed E-state index contributed by atoms with van der Waals surface area (Å²) in [5.74, 6) is 0.0845. The molecule has 1 aromatic heterocycles. The zero-order valence-electron chi connectivity index (χ0n) is 17.4. The number of hydrogen-bond acceptors (Lipinski definition) is 3. The first-order valence-corrected chi connectivity index (χ1v) is 10.3. The maximum atomic E-state index is 12.2. The monoisotopic (exact) mass is 398 g/mol. The minimum atomic E-state index is -0.374. The van der Waals surface area contributed by atoms with Crippen LogP contribution in [-0.4, -0.2) is 24.2 Å². The maximum Gasteiger partial charge on any atom is 0.407 e. The molecule has 0 atom stereocenters. The van der Waals surface area contributed by atoms with Gasteiger partial charge in [-0.1, -0.05) is 60.7 Å². The van der Waals surface area contributed by atoms with Gasteiger partial charge >= 0.3 is 6.09 Å². The summed E-state index contributed by atoms with van der Waals surface area (Å²) in [4.78, 5) is 16.6. The lowest BCUT2D eigenvalue weighted by molar-refractivity contribution is 0.143. The molecule has 4 nitrogen and oxygen atoms in total. The number of nitrogens with one attached hydrogen (secondary N) is 1. The molecule has 0 saturated carbocycles. The Kier molecular flexibility index (Phi) is 5.94. The summed E-state index contributed by atoms with van der Waals surface area (Å²) in [6.45, 7) is 4.85. The molecule has 4 heteroatoms. The number of carbonyl (C=O) groups excluding carboxylic acids is 1. The van der Waals surface area contributed by atoms with Gasteiger partial charge in [0.15, 0.2) is 0 Å². The minimum absolute atomic E-state index is 0.0845. The van der Waals surface area contributed by atoms with Crippen molar-refractivity contribution in [3.05, 3.63) is 94.8 Å². The van der Waals surface area contributed by atoms with Gasteiger partial charge in [0.1, 0.15) is 6.61 Å². The van der Waals surface area contributed by atoms with Gasteiger partial charge in [0, 0.05) is 23.9 Å². The van der Waals surface area contributed by atoms with Gasteiger partial charge in [0.25, 0.3) is 0 Å². The van der Waals surface area contributed by atoms with E-state index in [0.717, 1.165) is 23.4 Å². The molecule has 4 rings (SSSR count). The van der Waals surface area contributed by atoms with Gasteiger partial charge in [-0.3, -0.25) is 4.98 Å². The molecule has 0 bridgehead atoms. The number of amides is 1. The number of hydrogen-bond donors (Lipinski definition) is 1. The van der Waals surface area contributed by atoms with Gasteiger partial charge in [0.05, 0.1) is 0 Å². The number of rotatable bonds is 6. The number of benzene rings is 2. The summed E-state index contributed by atoms with van der Waals surface area (Å²) < 4.78 is 5.55. The van der Waals surface area contributed by atoms with Crippen molar-refractivity contribution in [2.45, 2.75) is 26.2 Å². The Morgan fingerprint density at radius 3 is 2.23 bits per heavy atom. The van der Waals surface area contributed by atoms with Crippen LogP contribution in [-0.2, 0) is 4.74 Å². The molecule has 1 N–H and O–H groups in total. The number of ether oxygens (including phenoxy) is 1. The second kappa shape index (κ2) is 8.95. The van der Waals surface area contributed by atoms with Gasteiger partial charge in [0.2, 0.25) is 0 Å². The Balaban J connectivity index is 1.28. The van der Waals surface area contributed by atoms with Crippen LogP contribution in [0.25, 0.3) is 17.2 Å². The Bertz CT molecular complexity index is 1020. The molecule has 1 amide bonds. The molecule has 0 saturated heterocycles. The van der Waals surface area contributed by atoms with E-state index in [4.69, 9.17) is 4.74 Å². The summed E-state index contributed by atoms with van der Waals surface area (Å²) in [5.41, 5.74) is 8.04. The molecule has 0 spiro atoms. The van der Waals surface area contributed by atoms with E-state index in [2.05, 4.69) is 46.7 Å². The summed E-state index contributed by atoms with van der Waals surface area (Å²) in [6.07, 6.45) is 4.48. The molecule has 1 aliphatic rings. The Morgan fingerprint density at radius 2 is 1.60 bits per heavy atom. The minimum Gasteiger partial charge on any atom is -0.449 e. The number of aromatic nitrogens is 1. The van der Waals surface area contributed by atoms with Crippen LogP contribution < -0.4 is 5.32 Å². The van der Waals surface area contributed by atoms with Crippen LogP contribution in [0.1, 0.15) is 40.4 Å². The molecule has 0 aliphatic heterocycles. The Hall–Kier alpha value is -3.40. The molecular weight excluding hydrogens is 372 g/mol. The third kappa shape index (κ3) is 4.43. The molecule has 1 aliphatic carbocycles. The zero-order chi connectivity index (χ0) is 20.9. The summed E-state index contributed by atoms with van der Waals surface area (Å²) >= 11 is 0. The van der Waals surface area contributed by atoms with Crippen molar-refractivity contribution in [1.29, 1.82) is 0 Å². The van der Waals surface area contributed by atoms with E-state index in [-0.39, 0.29) is 12.0 Å². The van der Waals surface area contributed by atoms with Gasteiger partial charge in [-0.25, -0.2) is 4.79 Å². The second-order valence-corrected chi connectivity index (χ2v) is 7.63. The largest absolute Gasteiger partial charge is 0.449 e. The fourth-order valence-corrected chi connectivity index (χ4v) is 4.09. The second-order valence-electron chi connectivity index (χ2n) is 7.63. The van der Waals surface area contributed by atoms with Crippen molar-refractivity contribution < 1.29 is 9.53 Å². The molecule has 2 aromatic carbocycles. The average Bonchev–Trinajstić information content (AvgIpc) is 3.05. The third-order valence-electron chi connectivity index (χ3n) is 5.34. The maximum absolute atomic E-state index is 12.2. The number of nitrogens with zero attached hydrogens (tertiary/aromatic N) is 1. The smallest absolute Gasteiger partial charge is 0.407 e. The van der Waals surface area contributed by atoms with Gasteiger partial charge in [-0.05, 0) is 60.2 Å². The van der Waals surface area contributed by atoms with Crippen molar-refractivity contribution in [3.8, 4) is 11.1 Å². The highest BCUT2D eigenvalue weighted by Crippen LogP contribution is 2.44.